The van der Waals surface area contributed by atoms with Crippen LogP contribution in [0.25, 0.3) is 0 Å². The second kappa shape index (κ2) is 5.03. The molecule has 1 heterocycles. The minimum absolute atomic E-state index is 0.762. The molecule has 0 aliphatic heterocycles. The predicted molar refractivity (Wildman–Crippen MR) is 46.7 cm³/mol. The summed E-state index contributed by atoms with van der Waals surface area (Å²) in [6.45, 7) is 1.70. The summed E-state index contributed by atoms with van der Waals surface area (Å²) in [7, 11) is 0. The molecule has 62 valence electrons. The number of nitrogens with one attached hydrogen (secondary N) is 1. The zero-order valence-corrected chi connectivity index (χ0v) is 7.10. The van der Waals surface area contributed by atoms with Gasteiger partial charge in [-0.2, -0.15) is 0 Å². The fraction of sp³-hybridized carbons (Fsp3) is 0.667. The van der Waals surface area contributed by atoms with Crippen LogP contribution in [0, 0.1) is 0 Å². The maximum atomic E-state index is 5.33. The minimum Gasteiger partial charge on any atom is -0.360 e. The van der Waals surface area contributed by atoms with Crippen molar-refractivity contribution in [3.8, 4) is 0 Å². The summed E-state index contributed by atoms with van der Waals surface area (Å²) in [5.41, 5.74) is 7.05. The van der Waals surface area contributed by atoms with Crippen molar-refractivity contribution >= 4 is 16.5 Å². The summed E-state index contributed by atoms with van der Waals surface area (Å²) >= 11 is 1.52. The van der Waals surface area contributed by atoms with Gasteiger partial charge in [0.15, 0.2) is 0 Å². The number of hydrogen-bond acceptors (Lipinski definition) is 5. The predicted octanol–water partition coefficient (Wildman–Crippen LogP) is 0.689. The molecule has 0 spiro atoms. The highest BCUT2D eigenvalue weighted by molar-refractivity contribution is 7.13. The van der Waals surface area contributed by atoms with E-state index in [2.05, 4.69) is 15.5 Å². The molecule has 0 unspecified atom stereocenters. The molecule has 1 aromatic heterocycles. The second-order valence-electron chi connectivity index (χ2n) is 2.17. The van der Waals surface area contributed by atoms with E-state index in [1.54, 1.807) is 5.51 Å². The normalized spacial score (nSPS) is 9.91. The molecular weight excluding hydrogens is 160 g/mol. The molecule has 3 N–H and O–H groups in total. The first-order chi connectivity index (χ1) is 5.43. The van der Waals surface area contributed by atoms with Crippen molar-refractivity contribution in [1.29, 1.82) is 0 Å². The van der Waals surface area contributed by atoms with Gasteiger partial charge in [-0.1, -0.05) is 11.3 Å². The Morgan fingerprint density at radius 2 is 2.45 bits per heavy atom. The van der Waals surface area contributed by atoms with Crippen LogP contribution in [0.4, 0.5) is 5.13 Å². The van der Waals surface area contributed by atoms with Crippen molar-refractivity contribution in [2.24, 2.45) is 5.73 Å². The second-order valence-corrected chi connectivity index (χ2v) is 3.00. The Labute approximate surface area is 69.8 Å². The summed E-state index contributed by atoms with van der Waals surface area (Å²) in [6.07, 6.45) is 2.15. The van der Waals surface area contributed by atoms with Crippen LogP contribution in [0.3, 0.4) is 0 Å². The van der Waals surface area contributed by atoms with Crippen molar-refractivity contribution in [3.63, 3.8) is 0 Å². The Bertz CT molecular complexity index is 175. The van der Waals surface area contributed by atoms with Crippen LogP contribution in [0.5, 0.6) is 0 Å². The lowest BCUT2D eigenvalue weighted by Gasteiger charge is -1.98. The number of unbranched alkanes of at least 4 members (excludes halogenated alkanes) is 1. The molecule has 0 aromatic carbocycles. The van der Waals surface area contributed by atoms with E-state index in [4.69, 9.17) is 5.73 Å². The molecule has 0 saturated heterocycles. The summed E-state index contributed by atoms with van der Waals surface area (Å²) in [5.74, 6) is 0. The molecule has 0 radical (unpaired) electrons. The highest BCUT2D eigenvalue weighted by Crippen LogP contribution is 2.07. The van der Waals surface area contributed by atoms with Gasteiger partial charge in [0.25, 0.3) is 0 Å². The van der Waals surface area contributed by atoms with E-state index in [0.29, 0.717) is 0 Å². The molecular formula is C6H12N4S. The minimum atomic E-state index is 0.762. The van der Waals surface area contributed by atoms with E-state index < -0.39 is 0 Å². The quantitative estimate of drug-likeness (QED) is 0.641. The van der Waals surface area contributed by atoms with Gasteiger partial charge < -0.3 is 11.1 Å². The summed E-state index contributed by atoms with van der Waals surface area (Å²) in [5, 5.41) is 11.6. The van der Waals surface area contributed by atoms with E-state index in [1.165, 1.54) is 11.3 Å². The zero-order valence-electron chi connectivity index (χ0n) is 6.29. The van der Waals surface area contributed by atoms with Gasteiger partial charge in [-0.15, -0.1) is 10.2 Å². The molecule has 0 atom stereocenters. The number of hydrogen-bond donors (Lipinski definition) is 2. The van der Waals surface area contributed by atoms with Crippen molar-refractivity contribution in [2.45, 2.75) is 12.8 Å². The van der Waals surface area contributed by atoms with Gasteiger partial charge in [-0.25, -0.2) is 0 Å². The molecule has 0 aliphatic carbocycles. The first-order valence-electron chi connectivity index (χ1n) is 3.63. The molecule has 4 nitrogen and oxygen atoms in total. The fourth-order valence-electron chi connectivity index (χ4n) is 0.715. The third-order valence-corrected chi connectivity index (χ3v) is 1.92. The first kappa shape index (κ1) is 8.42. The van der Waals surface area contributed by atoms with Crippen molar-refractivity contribution in [3.05, 3.63) is 5.51 Å². The molecule has 5 heteroatoms. The van der Waals surface area contributed by atoms with Gasteiger partial charge in [-0.05, 0) is 19.4 Å². The number of aromatic nitrogens is 2. The largest absolute Gasteiger partial charge is 0.360 e. The Kier molecular flexibility index (Phi) is 3.85. The molecule has 0 saturated carbocycles. The topological polar surface area (TPSA) is 63.8 Å². The molecule has 1 aromatic rings. The van der Waals surface area contributed by atoms with Crippen LogP contribution >= 0.6 is 11.3 Å². The van der Waals surface area contributed by atoms with E-state index in [1.807, 2.05) is 0 Å². The number of rotatable bonds is 5. The summed E-state index contributed by atoms with van der Waals surface area (Å²) in [4.78, 5) is 0. The van der Waals surface area contributed by atoms with Crippen LogP contribution in [0.15, 0.2) is 5.51 Å². The Hall–Kier alpha value is -0.680. The monoisotopic (exact) mass is 172 g/mol. The Balaban J connectivity index is 2.04. The van der Waals surface area contributed by atoms with Crippen LogP contribution < -0.4 is 11.1 Å². The van der Waals surface area contributed by atoms with Gasteiger partial charge >= 0.3 is 0 Å². The smallest absolute Gasteiger partial charge is 0.205 e. The molecule has 0 bridgehead atoms. The third kappa shape index (κ3) is 3.29. The lowest BCUT2D eigenvalue weighted by Crippen LogP contribution is -2.05. The zero-order chi connectivity index (χ0) is 7.94. The maximum absolute atomic E-state index is 5.33. The molecule has 1 rings (SSSR count). The highest BCUT2D eigenvalue weighted by Gasteiger charge is 1.92. The van der Waals surface area contributed by atoms with Crippen LogP contribution in [0.2, 0.25) is 0 Å². The third-order valence-electron chi connectivity index (χ3n) is 1.27. The molecule has 0 fully saturated rings. The fourth-order valence-corrected chi connectivity index (χ4v) is 1.19. The lowest BCUT2D eigenvalue weighted by molar-refractivity contribution is 0.772. The van der Waals surface area contributed by atoms with Crippen LogP contribution in [-0.2, 0) is 0 Å². The summed E-state index contributed by atoms with van der Waals surface area (Å²) < 4.78 is 0. The molecule has 11 heavy (non-hydrogen) atoms. The molecule has 0 aliphatic rings. The van der Waals surface area contributed by atoms with Crippen LogP contribution in [0.1, 0.15) is 12.8 Å². The maximum Gasteiger partial charge on any atom is 0.205 e. The number of nitrogens with two attached hydrogens (primary N) is 1. The van der Waals surface area contributed by atoms with Crippen molar-refractivity contribution in [2.75, 3.05) is 18.4 Å². The highest BCUT2D eigenvalue weighted by atomic mass is 32.1. The van der Waals surface area contributed by atoms with Gasteiger partial charge in [0, 0.05) is 6.54 Å². The summed E-state index contributed by atoms with van der Waals surface area (Å²) in [6, 6.07) is 0. The van der Waals surface area contributed by atoms with Gasteiger partial charge in [0.1, 0.15) is 5.51 Å². The Morgan fingerprint density at radius 3 is 3.09 bits per heavy atom. The van der Waals surface area contributed by atoms with Gasteiger partial charge in [-0.3, -0.25) is 0 Å². The van der Waals surface area contributed by atoms with E-state index in [9.17, 15) is 0 Å². The molecule has 0 amide bonds. The number of nitrogens with zero attached hydrogens (tertiary/aromatic N) is 2. The van der Waals surface area contributed by atoms with Gasteiger partial charge in [0.2, 0.25) is 5.13 Å². The van der Waals surface area contributed by atoms with Crippen molar-refractivity contribution in [1.82, 2.24) is 10.2 Å². The Morgan fingerprint density at radius 1 is 1.55 bits per heavy atom. The number of anilines is 1. The van der Waals surface area contributed by atoms with Crippen molar-refractivity contribution < 1.29 is 0 Å². The average Bonchev–Trinajstić information content (AvgIpc) is 2.50. The first-order valence-corrected chi connectivity index (χ1v) is 4.51. The average molecular weight is 172 g/mol. The van der Waals surface area contributed by atoms with Gasteiger partial charge in [0.05, 0.1) is 0 Å². The lowest BCUT2D eigenvalue weighted by atomic mass is 10.3. The van der Waals surface area contributed by atoms with E-state index in [0.717, 1.165) is 31.1 Å². The van der Waals surface area contributed by atoms with E-state index in [-0.39, 0.29) is 0 Å². The standard InChI is InChI=1S/C6H12N4S/c7-3-1-2-4-8-6-10-9-5-11-6/h5H,1-4,7H2,(H,8,10). The SMILES string of the molecule is NCCCCNc1nncs1. The van der Waals surface area contributed by atoms with E-state index >= 15 is 0 Å². The van der Waals surface area contributed by atoms with Crippen LogP contribution in [-0.4, -0.2) is 23.3 Å².